The first-order valence-corrected chi connectivity index (χ1v) is 5.25. The molecule has 2 heterocycles. The number of anilines is 1. The van der Waals surface area contributed by atoms with E-state index >= 15 is 0 Å². The fourth-order valence-electron chi connectivity index (χ4n) is 1.73. The van der Waals surface area contributed by atoms with Crippen LogP contribution in [0, 0.1) is 0 Å². The summed E-state index contributed by atoms with van der Waals surface area (Å²) in [4.78, 5) is 29.7. The molecule has 0 saturated carbocycles. The largest absolute Gasteiger partial charge is 0.477 e. The Bertz CT molecular complexity index is 479. The van der Waals surface area contributed by atoms with Crippen LogP contribution in [-0.2, 0) is 0 Å². The van der Waals surface area contributed by atoms with E-state index in [0.717, 1.165) is 25.9 Å². The van der Waals surface area contributed by atoms with E-state index in [1.807, 2.05) is 4.90 Å². The van der Waals surface area contributed by atoms with Crippen LogP contribution in [-0.4, -0.2) is 34.1 Å². The molecular formula is C9H10ClN3O3. The molecule has 16 heavy (non-hydrogen) atoms. The van der Waals surface area contributed by atoms with Gasteiger partial charge in [0.2, 0.25) is 0 Å². The lowest BCUT2D eigenvalue weighted by Gasteiger charge is -2.17. The van der Waals surface area contributed by atoms with Gasteiger partial charge in [-0.25, -0.2) is 9.59 Å². The lowest BCUT2D eigenvalue weighted by Crippen LogP contribution is -2.26. The number of aromatic nitrogens is 2. The number of nitrogens with zero attached hydrogens (tertiary/aromatic N) is 2. The minimum atomic E-state index is -1.26. The molecule has 1 aliphatic heterocycles. The molecule has 1 aromatic heterocycles. The molecule has 1 fully saturated rings. The van der Waals surface area contributed by atoms with Gasteiger partial charge in [0, 0.05) is 13.1 Å². The summed E-state index contributed by atoms with van der Waals surface area (Å²) in [5.74, 6) is -0.995. The predicted octanol–water partition coefficient (Wildman–Crippen LogP) is 0.722. The van der Waals surface area contributed by atoms with Crippen molar-refractivity contribution in [1.29, 1.82) is 0 Å². The van der Waals surface area contributed by atoms with Crippen LogP contribution < -0.4 is 10.6 Å². The number of aromatic amines is 1. The lowest BCUT2D eigenvalue weighted by atomic mass is 10.3. The van der Waals surface area contributed by atoms with E-state index in [4.69, 9.17) is 16.7 Å². The molecular weight excluding hydrogens is 234 g/mol. The zero-order chi connectivity index (χ0) is 11.7. The summed E-state index contributed by atoms with van der Waals surface area (Å²) in [6, 6.07) is 0. The molecule has 7 heteroatoms. The number of carbonyl (C=O) groups is 1. The van der Waals surface area contributed by atoms with Gasteiger partial charge >= 0.3 is 11.7 Å². The number of hydrogen-bond acceptors (Lipinski definition) is 4. The van der Waals surface area contributed by atoms with Crippen LogP contribution in [0.4, 0.5) is 5.82 Å². The summed E-state index contributed by atoms with van der Waals surface area (Å²) in [7, 11) is 0. The second-order valence-corrected chi connectivity index (χ2v) is 3.93. The number of nitrogens with one attached hydrogen (secondary N) is 1. The van der Waals surface area contributed by atoms with E-state index in [2.05, 4.69) is 9.97 Å². The van der Waals surface area contributed by atoms with E-state index < -0.39 is 11.7 Å². The maximum atomic E-state index is 11.2. The number of carboxylic acids is 1. The molecule has 0 bridgehead atoms. The second-order valence-electron chi connectivity index (χ2n) is 3.55. The molecule has 0 unspecified atom stereocenters. The number of carboxylic acid groups (broad SMARTS) is 1. The van der Waals surface area contributed by atoms with Crippen LogP contribution in [0.2, 0.25) is 5.02 Å². The molecule has 0 amide bonds. The highest BCUT2D eigenvalue weighted by atomic mass is 35.5. The Balaban J connectivity index is 2.52. The van der Waals surface area contributed by atoms with Crippen molar-refractivity contribution in [3.05, 3.63) is 21.2 Å². The predicted molar refractivity (Wildman–Crippen MR) is 58.3 cm³/mol. The Morgan fingerprint density at radius 1 is 1.44 bits per heavy atom. The SMILES string of the molecule is O=C(O)c1[nH]c(=O)nc(N2CCCC2)c1Cl. The average Bonchev–Trinajstić information content (AvgIpc) is 2.73. The Morgan fingerprint density at radius 2 is 2.06 bits per heavy atom. The molecule has 0 aromatic carbocycles. The molecule has 1 aliphatic rings. The summed E-state index contributed by atoms with van der Waals surface area (Å²) < 4.78 is 0. The monoisotopic (exact) mass is 243 g/mol. The lowest BCUT2D eigenvalue weighted by molar-refractivity contribution is 0.0690. The standard InChI is InChI=1S/C9H10ClN3O3/c10-5-6(8(14)15)11-9(16)12-7(5)13-3-1-2-4-13/h1-4H2,(H,14,15)(H,11,12,16). The molecule has 2 rings (SSSR count). The first-order chi connectivity index (χ1) is 7.59. The number of aromatic carboxylic acids is 1. The van der Waals surface area contributed by atoms with Gasteiger partial charge in [-0.15, -0.1) is 0 Å². The van der Waals surface area contributed by atoms with Crippen molar-refractivity contribution in [3.8, 4) is 0 Å². The van der Waals surface area contributed by atoms with Crippen molar-refractivity contribution < 1.29 is 9.90 Å². The summed E-state index contributed by atoms with van der Waals surface area (Å²) in [6.07, 6.45) is 1.99. The topological polar surface area (TPSA) is 86.3 Å². The molecule has 2 N–H and O–H groups in total. The molecule has 86 valence electrons. The van der Waals surface area contributed by atoms with Crippen molar-refractivity contribution in [1.82, 2.24) is 9.97 Å². The van der Waals surface area contributed by atoms with E-state index in [1.165, 1.54) is 0 Å². The average molecular weight is 244 g/mol. The van der Waals surface area contributed by atoms with Gasteiger partial charge < -0.3 is 10.0 Å². The van der Waals surface area contributed by atoms with Crippen LogP contribution >= 0.6 is 11.6 Å². The number of rotatable bonds is 2. The van der Waals surface area contributed by atoms with E-state index in [-0.39, 0.29) is 16.5 Å². The number of hydrogen-bond donors (Lipinski definition) is 2. The van der Waals surface area contributed by atoms with Crippen LogP contribution in [0.1, 0.15) is 23.3 Å². The molecule has 0 aliphatic carbocycles. The Labute approximate surface area is 95.9 Å². The zero-order valence-corrected chi connectivity index (χ0v) is 9.12. The highest BCUT2D eigenvalue weighted by Crippen LogP contribution is 2.27. The molecule has 6 nitrogen and oxygen atoms in total. The highest BCUT2D eigenvalue weighted by molar-refractivity contribution is 6.35. The Hall–Kier alpha value is -1.56. The molecule has 1 aromatic rings. The molecule has 1 saturated heterocycles. The Morgan fingerprint density at radius 3 is 2.62 bits per heavy atom. The third kappa shape index (κ3) is 1.88. The van der Waals surface area contributed by atoms with E-state index in [1.54, 1.807) is 0 Å². The number of halogens is 1. The van der Waals surface area contributed by atoms with Crippen LogP contribution in [0.15, 0.2) is 4.79 Å². The fourth-order valence-corrected chi connectivity index (χ4v) is 2.02. The normalized spacial score (nSPS) is 15.4. The van der Waals surface area contributed by atoms with Crippen molar-refractivity contribution in [2.45, 2.75) is 12.8 Å². The van der Waals surface area contributed by atoms with Gasteiger partial charge in [0.05, 0.1) is 0 Å². The van der Waals surface area contributed by atoms with Crippen molar-refractivity contribution in [2.24, 2.45) is 0 Å². The zero-order valence-electron chi connectivity index (χ0n) is 8.36. The van der Waals surface area contributed by atoms with Gasteiger partial charge in [-0.05, 0) is 12.8 Å². The fraction of sp³-hybridized carbons (Fsp3) is 0.444. The van der Waals surface area contributed by atoms with Gasteiger partial charge in [-0.1, -0.05) is 11.6 Å². The second kappa shape index (κ2) is 4.13. The summed E-state index contributed by atoms with van der Waals surface area (Å²) in [5, 5.41) is 8.85. The summed E-state index contributed by atoms with van der Waals surface area (Å²) in [5.41, 5.74) is -0.993. The maximum Gasteiger partial charge on any atom is 0.354 e. The minimum absolute atomic E-state index is 0.00556. The summed E-state index contributed by atoms with van der Waals surface area (Å²) in [6.45, 7) is 1.49. The van der Waals surface area contributed by atoms with Gasteiger partial charge in [0.15, 0.2) is 11.5 Å². The smallest absolute Gasteiger partial charge is 0.354 e. The van der Waals surface area contributed by atoms with Crippen molar-refractivity contribution >= 4 is 23.4 Å². The third-order valence-electron chi connectivity index (χ3n) is 2.47. The van der Waals surface area contributed by atoms with Gasteiger partial charge in [-0.2, -0.15) is 4.98 Å². The quantitative estimate of drug-likeness (QED) is 0.799. The van der Waals surface area contributed by atoms with Crippen molar-refractivity contribution in [2.75, 3.05) is 18.0 Å². The highest BCUT2D eigenvalue weighted by Gasteiger charge is 2.22. The van der Waals surface area contributed by atoms with Gasteiger partial charge in [0.25, 0.3) is 0 Å². The van der Waals surface area contributed by atoms with E-state index in [0.29, 0.717) is 0 Å². The maximum absolute atomic E-state index is 11.2. The molecule has 0 spiro atoms. The van der Waals surface area contributed by atoms with Crippen LogP contribution in [0.25, 0.3) is 0 Å². The first-order valence-electron chi connectivity index (χ1n) is 4.87. The van der Waals surface area contributed by atoms with Gasteiger partial charge in [-0.3, -0.25) is 4.98 Å². The van der Waals surface area contributed by atoms with Crippen molar-refractivity contribution in [3.63, 3.8) is 0 Å². The van der Waals surface area contributed by atoms with Crippen LogP contribution in [0.3, 0.4) is 0 Å². The third-order valence-corrected chi connectivity index (χ3v) is 2.83. The number of H-pyrrole nitrogens is 1. The Kier molecular flexibility index (Phi) is 2.82. The summed E-state index contributed by atoms with van der Waals surface area (Å²) >= 11 is 5.90. The van der Waals surface area contributed by atoms with E-state index in [9.17, 15) is 9.59 Å². The van der Waals surface area contributed by atoms with Crippen LogP contribution in [0.5, 0.6) is 0 Å². The van der Waals surface area contributed by atoms with Gasteiger partial charge in [0.1, 0.15) is 5.02 Å². The first kappa shape index (κ1) is 10.9. The minimum Gasteiger partial charge on any atom is -0.477 e. The molecule has 0 atom stereocenters. The molecule has 0 radical (unpaired) electrons.